The molecular weight excluding hydrogens is 402 g/mol. The Morgan fingerprint density at radius 2 is 1.78 bits per heavy atom. The molecule has 1 amide bonds. The Morgan fingerprint density at radius 1 is 1.06 bits per heavy atom. The van der Waals surface area contributed by atoms with E-state index in [2.05, 4.69) is 39.8 Å². The molecule has 1 unspecified atom stereocenters. The number of benzene rings is 2. The van der Waals surface area contributed by atoms with Gasteiger partial charge in [-0.1, -0.05) is 42.5 Å². The molecule has 2 N–H and O–H groups in total. The Bertz CT molecular complexity index is 894. The quantitative estimate of drug-likeness (QED) is 0.516. The third-order valence-corrected chi connectivity index (χ3v) is 5.83. The Morgan fingerprint density at radius 3 is 2.50 bits per heavy atom. The van der Waals surface area contributed by atoms with Gasteiger partial charge < -0.3 is 20.3 Å². The predicted octanol–water partition coefficient (Wildman–Crippen LogP) is 2.38. The number of nitrogens with one attached hydrogen (secondary N) is 2. The normalized spacial score (nSPS) is 19.9. The van der Waals surface area contributed by atoms with Crippen molar-refractivity contribution in [2.75, 3.05) is 44.3 Å². The molecule has 2 heterocycles. The molecule has 2 saturated heterocycles. The summed E-state index contributed by atoms with van der Waals surface area (Å²) < 4.78 is 5.42. The molecule has 0 saturated carbocycles. The van der Waals surface area contributed by atoms with E-state index in [9.17, 15) is 4.79 Å². The highest BCUT2D eigenvalue weighted by Gasteiger charge is 2.31. The van der Waals surface area contributed by atoms with Crippen LogP contribution in [-0.4, -0.2) is 62.2 Å². The van der Waals surface area contributed by atoms with Crippen LogP contribution in [0, 0.1) is 0 Å². The molecular formula is C25H33N5O2. The van der Waals surface area contributed by atoms with Gasteiger partial charge in [0.2, 0.25) is 5.91 Å². The lowest BCUT2D eigenvalue weighted by atomic mass is 10.1. The Balaban J connectivity index is 1.32. The number of anilines is 1. The maximum absolute atomic E-state index is 12.5. The van der Waals surface area contributed by atoms with Crippen molar-refractivity contribution in [1.82, 2.24) is 15.5 Å². The van der Waals surface area contributed by atoms with Crippen molar-refractivity contribution in [2.24, 2.45) is 4.99 Å². The number of ether oxygens (including phenoxy) is 1. The van der Waals surface area contributed by atoms with Crippen molar-refractivity contribution in [2.45, 2.75) is 32.5 Å². The molecule has 1 atom stereocenters. The Hall–Kier alpha value is -2.90. The van der Waals surface area contributed by atoms with Gasteiger partial charge in [0.05, 0.1) is 25.8 Å². The van der Waals surface area contributed by atoms with E-state index in [0.29, 0.717) is 19.5 Å². The molecule has 2 aromatic carbocycles. The summed E-state index contributed by atoms with van der Waals surface area (Å²) in [4.78, 5) is 21.5. The van der Waals surface area contributed by atoms with Gasteiger partial charge in [0.25, 0.3) is 0 Å². The van der Waals surface area contributed by atoms with Gasteiger partial charge in [0, 0.05) is 44.8 Å². The first-order chi connectivity index (χ1) is 15.7. The van der Waals surface area contributed by atoms with Gasteiger partial charge in [0.1, 0.15) is 0 Å². The molecule has 2 fully saturated rings. The summed E-state index contributed by atoms with van der Waals surface area (Å²) in [5.41, 5.74) is 3.43. The van der Waals surface area contributed by atoms with Crippen molar-refractivity contribution in [1.29, 1.82) is 0 Å². The largest absolute Gasteiger partial charge is 0.379 e. The van der Waals surface area contributed by atoms with E-state index in [1.165, 1.54) is 11.1 Å². The van der Waals surface area contributed by atoms with E-state index < -0.39 is 0 Å². The van der Waals surface area contributed by atoms with Crippen LogP contribution in [0.15, 0.2) is 59.6 Å². The highest BCUT2D eigenvalue weighted by atomic mass is 16.5. The standard InChI is InChI=1S/C25H33N5O2/c1-2-26-25(28-22-16-24(31)30(19-22)23-6-4-3-5-7-23)27-17-20-8-10-21(11-9-20)18-29-12-14-32-15-13-29/h3-11,22H,2,12-19H2,1H3,(H2,26,27,28). The maximum atomic E-state index is 12.5. The van der Waals surface area contributed by atoms with Gasteiger partial charge in [-0.3, -0.25) is 9.69 Å². The molecule has 2 aliphatic rings. The zero-order valence-electron chi connectivity index (χ0n) is 18.8. The molecule has 2 aliphatic heterocycles. The average molecular weight is 436 g/mol. The number of nitrogens with zero attached hydrogens (tertiary/aromatic N) is 3. The molecule has 0 radical (unpaired) electrons. The molecule has 0 bridgehead atoms. The maximum Gasteiger partial charge on any atom is 0.229 e. The first kappa shape index (κ1) is 22.3. The number of morpholine rings is 1. The van der Waals surface area contributed by atoms with Gasteiger partial charge >= 0.3 is 0 Å². The van der Waals surface area contributed by atoms with Crippen molar-refractivity contribution in [3.63, 3.8) is 0 Å². The summed E-state index contributed by atoms with van der Waals surface area (Å²) in [5.74, 6) is 0.887. The number of aliphatic imine (C=N–C) groups is 1. The van der Waals surface area contributed by atoms with Crippen LogP contribution < -0.4 is 15.5 Å². The van der Waals surface area contributed by atoms with Crippen LogP contribution in [-0.2, 0) is 22.6 Å². The lowest BCUT2D eigenvalue weighted by Crippen LogP contribution is -2.44. The van der Waals surface area contributed by atoms with Crippen LogP contribution in [0.3, 0.4) is 0 Å². The van der Waals surface area contributed by atoms with Gasteiger partial charge in [-0.15, -0.1) is 0 Å². The zero-order chi connectivity index (χ0) is 22.2. The van der Waals surface area contributed by atoms with Crippen LogP contribution in [0.2, 0.25) is 0 Å². The number of carbonyl (C=O) groups excluding carboxylic acids is 1. The number of guanidine groups is 1. The summed E-state index contributed by atoms with van der Waals surface area (Å²) in [6.07, 6.45) is 0.468. The van der Waals surface area contributed by atoms with Crippen LogP contribution in [0.25, 0.3) is 0 Å². The van der Waals surface area contributed by atoms with E-state index in [0.717, 1.165) is 51.0 Å². The predicted molar refractivity (Wildman–Crippen MR) is 128 cm³/mol. The number of hydrogen-bond donors (Lipinski definition) is 2. The number of amides is 1. The van der Waals surface area contributed by atoms with Crippen molar-refractivity contribution in [3.8, 4) is 0 Å². The minimum atomic E-state index is 0.0383. The van der Waals surface area contributed by atoms with E-state index in [4.69, 9.17) is 9.73 Å². The SMILES string of the molecule is CCNC(=NCc1ccc(CN2CCOCC2)cc1)NC1CC(=O)N(c2ccccc2)C1. The van der Waals surface area contributed by atoms with Crippen LogP contribution >= 0.6 is 0 Å². The molecule has 4 rings (SSSR count). The van der Waals surface area contributed by atoms with E-state index in [1.54, 1.807) is 0 Å². The summed E-state index contributed by atoms with van der Waals surface area (Å²) in [6.45, 7) is 8.65. The lowest BCUT2D eigenvalue weighted by molar-refractivity contribution is -0.117. The second kappa shape index (κ2) is 11.1. The van der Waals surface area contributed by atoms with Crippen LogP contribution in [0.4, 0.5) is 5.69 Å². The summed E-state index contributed by atoms with van der Waals surface area (Å²) in [7, 11) is 0. The fourth-order valence-electron chi connectivity index (χ4n) is 4.11. The Labute approximate surface area is 190 Å². The summed E-state index contributed by atoms with van der Waals surface area (Å²) in [5, 5.41) is 6.75. The Kier molecular flexibility index (Phi) is 7.74. The summed E-state index contributed by atoms with van der Waals surface area (Å²) >= 11 is 0. The van der Waals surface area contributed by atoms with E-state index in [-0.39, 0.29) is 11.9 Å². The lowest BCUT2D eigenvalue weighted by Gasteiger charge is -2.26. The highest BCUT2D eigenvalue weighted by molar-refractivity contribution is 5.97. The molecule has 7 heteroatoms. The third-order valence-electron chi connectivity index (χ3n) is 5.83. The summed E-state index contributed by atoms with van der Waals surface area (Å²) in [6, 6.07) is 18.6. The fraction of sp³-hybridized carbons (Fsp3) is 0.440. The first-order valence-corrected chi connectivity index (χ1v) is 11.5. The van der Waals surface area contributed by atoms with Gasteiger partial charge in [-0.05, 0) is 30.2 Å². The zero-order valence-corrected chi connectivity index (χ0v) is 18.8. The topological polar surface area (TPSA) is 69.2 Å². The van der Waals surface area contributed by atoms with Crippen molar-refractivity contribution in [3.05, 3.63) is 65.7 Å². The van der Waals surface area contributed by atoms with Gasteiger partial charge in [-0.25, -0.2) is 4.99 Å². The second-order valence-corrected chi connectivity index (χ2v) is 8.29. The molecule has 2 aromatic rings. The second-order valence-electron chi connectivity index (χ2n) is 8.29. The third kappa shape index (κ3) is 6.08. The van der Waals surface area contributed by atoms with Gasteiger partial charge in [-0.2, -0.15) is 0 Å². The molecule has 0 spiro atoms. The number of carbonyl (C=O) groups is 1. The molecule has 0 aliphatic carbocycles. The smallest absolute Gasteiger partial charge is 0.229 e. The number of para-hydroxylation sites is 1. The molecule has 170 valence electrons. The van der Waals surface area contributed by atoms with Gasteiger partial charge in [0.15, 0.2) is 5.96 Å². The number of hydrogen-bond acceptors (Lipinski definition) is 4. The highest BCUT2D eigenvalue weighted by Crippen LogP contribution is 2.21. The fourth-order valence-corrected chi connectivity index (χ4v) is 4.11. The first-order valence-electron chi connectivity index (χ1n) is 11.5. The number of rotatable bonds is 7. The minimum absolute atomic E-state index is 0.0383. The van der Waals surface area contributed by atoms with Crippen LogP contribution in [0.5, 0.6) is 0 Å². The molecule has 7 nitrogen and oxygen atoms in total. The minimum Gasteiger partial charge on any atom is -0.379 e. The monoisotopic (exact) mass is 435 g/mol. The molecule has 32 heavy (non-hydrogen) atoms. The van der Waals surface area contributed by atoms with Crippen molar-refractivity contribution < 1.29 is 9.53 Å². The average Bonchev–Trinajstić information content (AvgIpc) is 3.20. The van der Waals surface area contributed by atoms with E-state index >= 15 is 0 Å². The van der Waals surface area contributed by atoms with E-state index in [1.807, 2.05) is 42.2 Å². The molecule has 0 aromatic heterocycles. The van der Waals surface area contributed by atoms with Crippen molar-refractivity contribution >= 4 is 17.6 Å². The van der Waals surface area contributed by atoms with Crippen LogP contribution in [0.1, 0.15) is 24.5 Å².